The quantitative estimate of drug-likeness (QED) is 0.454. The van der Waals surface area contributed by atoms with Crippen LogP contribution in [-0.2, 0) is 10.0 Å². The van der Waals surface area contributed by atoms with Crippen molar-refractivity contribution in [1.82, 2.24) is 4.72 Å². The second-order valence-electron chi connectivity index (χ2n) is 3.14. The van der Waals surface area contributed by atoms with Gasteiger partial charge in [0.05, 0.1) is 9.82 Å². The van der Waals surface area contributed by atoms with Gasteiger partial charge < -0.3 is 5.73 Å². The van der Waals surface area contributed by atoms with Crippen LogP contribution in [0.1, 0.15) is 5.56 Å². The van der Waals surface area contributed by atoms with Crippen LogP contribution in [-0.4, -0.2) is 20.4 Å². The van der Waals surface area contributed by atoms with Gasteiger partial charge in [0, 0.05) is 6.07 Å². The number of anilines is 1. The molecule has 1 aromatic rings. The number of nitrogens with zero attached hydrogens (tertiary/aromatic N) is 1. The van der Waals surface area contributed by atoms with E-state index >= 15 is 0 Å². The molecule has 0 heterocycles. The molecule has 0 aliphatic carbocycles. The van der Waals surface area contributed by atoms with Gasteiger partial charge in [-0.2, -0.15) is 0 Å². The lowest BCUT2D eigenvalue weighted by atomic mass is 10.2. The van der Waals surface area contributed by atoms with Crippen LogP contribution >= 0.6 is 0 Å². The van der Waals surface area contributed by atoms with Crippen LogP contribution in [0.5, 0.6) is 0 Å². The molecule has 0 bridgehead atoms. The van der Waals surface area contributed by atoms with Gasteiger partial charge >= 0.3 is 0 Å². The molecule has 1 aromatic carbocycles. The summed E-state index contributed by atoms with van der Waals surface area (Å²) in [5, 5.41) is 10.6. The first kappa shape index (κ1) is 12.4. The molecule has 8 heteroatoms. The summed E-state index contributed by atoms with van der Waals surface area (Å²) in [6, 6.07) is 2.22. The first-order valence-corrected chi connectivity index (χ1v) is 5.76. The molecule has 88 valence electrons. The van der Waals surface area contributed by atoms with Crippen LogP contribution in [0.25, 0.3) is 0 Å². The smallest absolute Gasteiger partial charge is 0.293 e. The number of aryl methyl sites for hydroxylation is 1. The van der Waals surface area contributed by atoms with E-state index in [-0.39, 0.29) is 10.6 Å². The van der Waals surface area contributed by atoms with E-state index in [9.17, 15) is 18.5 Å². The summed E-state index contributed by atoms with van der Waals surface area (Å²) in [4.78, 5) is 9.75. The van der Waals surface area contributed by atoms with Crippen molar-refractivity contribution in [2.45, 2.75) is 11.8 Å². The SMILES string of the molecule is CNS(=O)(=O)c1cc([N+](=O)[O-])c(N)cc1C. The first-order valence-electron chi connectivity index (χ1n) is 4.27. The molecule has 0 unspecified atom stereocenters. The molecule has 7 nitrogen and oxygen atoms in total. The minimum atomic E-state index is -3.71. The normalized spacial score (nSPS) is 11.4. The Morgan fingerprint density at radius 2 is 2.00 bits per heavy atom. The van der Waals surface area contributed by atoms with Crippen molar-refractivity contribution in [3.05, 3.63) is 27.8 Å². The topological polar surface area (TPSA) is 115 Å². The summed E-state index contributed by atoms with van der Waals surface area (Å²) < 4.78 is 25.2. The Kier molecular flexibility index (Phi) is 3.15. The predicted molar refractivity (Wildman–Crippen MR) is 58.5 cm³/mol. The zero-order valence-electron chi connectivity index (χ0n) is 8.72. The molecule has 16 heavy (non-hydrogen) atoms. The molecule has 0 spiro atoms. The maximum atomic E-state index is 11.5. The van der Waals surface area contributed by atoms with Gasteiger partial charge in [-0.05, 0) is 25.6 Å². The summed E-state index contributed by atoms with van der Waals surface area (Å²) in [5.74, 6) is 0. The Morgan fingerprint density at radius 1 is 1.44 bits per heavy atom. The molecule has 0 amide bonds. The lowest BCUT2D eigenvalue weighted by Crippen LogP contribution is -2.20. The predicted octanol–water partition coefficient (Wildman–Crippen LogP) is 0.394. The van der Waals surface area contributed by atoms with Crippen molar-refractivity contribution in [1.29, 1.82) is 0 Å². The fourth-order valence-corrected chi connectivity index (χ4v) is 2.23. The third-order valence-electron chi connectivity index (χ3n) is 2.08. The van der Waals surface area contributed by atoms with Crippen LogP contribution in [0.4, 0.5) is 11.4 Å². The van der Waals surface area contributed by atoms with E-state index in [0.29, 0.717) is 5.56 Å². The fourth-order valence-electron chi connectivity index (χ4n) is 1.26. The highest BCUT2D eigenvalue weighted by Crippen LogP contribution is 2.27. The average molecular weight is 245 g/mol. The van der Waals surface area contributed by atoms with E-state index in [4.69, 9.17) is 5.73 Å². The second kappa shape index (κ2) is 4.06. The van der Waals surface area contributed by atoms with Gasteiger partial charge in [-0.25, -0.2) is 13.1 Å². The molecule has 3 N–H and O–H groups in total. The van der Waals surface area contributed by atoms with Crippen LogP contribution in [0.15, 0.2) is 17.0 Å². The van der Waals surface area contributed by atoms with E-state index in [1.165, 1.54) is 20.0 Å². The van der Waals surface area contributed by atoms with Crippen LogP contribution < -0.4 is 10.5 Å². The Morgan fingerprint density at radius 3 is 2.44 bits per heavy atom. The Hall–Kier alpha value is -1.67. The third-order valence-corrected chi connectivity index (χ3v) is 3.64. The molecular weight excluding hydrogens is 234 g/mol. The second-order valence-corrected chi connectivity index (χ2v) is 5.00. The van der Waals surface area contributed by atoms with Gasteiger partial charge in [0.15, 0.2) is 0 Å². The van der Waals surface area contributed by atoms with E-state index in [1.54, 1.807) is 0 Å². The molecule has 0 atom stereocenters. The van der Waals surface area contributed by atoms with Crippen molar-refractivity contribution in [2.75, 3.05) is 12.8 Å². The minimum Gasteiger partial charge on any atom is -0.393 e. The number of nitrogens with two attached hydrogens (primary N) is 1. The van der Waals surface area contributed by atoms with Crippen molar-refractivity contribution < 1.29 is 13.3 Å². The highest BCUT2D eigenvalue weighted by Gasteiger charge is 2.21. The summed E-state index contributed by atoms with van der Waals surface area (Å²) >= 11 is 0. The summed E-state index contributed by atoms with van der Waals surface area (Å²) in [5.41, 5.74) is 5.30. The van der Waals surface area contributed by atoms with Crippen molar-refractivity contribution in [3.8, 4) is 0 Å². The number of nitro benzene ring substituents is 1. The largest absolute Gasteiger partial charge is 0.393 e. The van der Waals surface area contributed by atoms with Gasteiger partial charge in [0.2, 0.25) is 10.0 Å². The van der Waals surface area contributed by atoms with Gasteiger partial charge in [-0.3, -0.25) is 10.1 Å². The lowest BCUT2D eigenvalue weighted by molar-refractivity contribution is -0.384. The minimum absolute atomic E-state index is 0.0578. The number of nitro groups is 1. The molecule has 0 aliphatic heterocycles. The van der Waals surface area contributed by atoms with Gasteiger partial charge in [0.25, 0.3) is 5.69 Å². The van der Waals surface area contributed by atoms with Crippen molar-refractivity contribution in [3.63, 3.8) is 0 Å². The number of nitrogens with one attached hydrogen (secondary N) is 1. The number of hydrogen-bond acceptors (Lipinski definition) is 5. The zero-order valence-corrected chi connectivity index (χ0v) is 9.54. The number of nitrogen functional groups attached to an aromatic ring is 1. The third kappa shape index (κ3) is 2.12. The number of hydrogen-bond donors (Lipinski definition) is 2. The summed E-state index contributed by atoms with van der Waals surface area (Å²) in [6.07, 6.45) is 0. The average Bonchev–Trinajstić information content (AvgIpc) is 2.16. The number of benzene rings is 1. The van der Waals surface area contributed by atoms with Crippen molar-refractivity contribution >= 4 is 21.4 Å². The monoisotopic (exact) mass is 245 g/mol. The highest BCUT2D eigenvalue weighted by atomic mass is 32.2. The van der Waals surface area contributed by atoms with E-state index in [0.717, 1.165) is 6.07 Å². The lowest BCUT2D eigenvalue weighted by Gasteiger charge is -2.07. The Balaban J connectivity index is 3.55. The standard InChI is InChI=1S/C8H11N3O4S/c1-5-3-6(9)7(11(12)13)4-8(5)16(14,15)10-2/h3-4,10H,9H2,1-2H3. The van der Waals surface area contributed by atoms with Crippen LogP contribution in [0, 0.1) is 17.0 Å². The van der Waals surface area contributed by atoms with E-state index < -0.39 is 20.6 Å². The maximum Gasteiger partial charge on any atom is 0.293 e. The molecule has 1 rings (SSSR count). The summed E-state index contributed by atoms with van der Waals surface area (Å²) in [6.45, 7) is 1.52. The number of rotatable bonds is 3. The van der Waals surface area contributed by atoms with E-state index in [1.807, 2.05) is 0 Å². The molecule has 0 aromatic heterocycles. The Labute approximate surface area is 92.5 Å². The molecular formula is C8H11N3O4S. The molecule has 0 radical (unpaired) electrons. The van der Waals surface area contributed by atoms with Gasteiger partial charge in [0.1, 0.15) is 5.69 Å². The molecule has 0 saturated heterocycles. The summed E-state index contributed by atoms with van der Waals surface area (Å²) in [7, 11) is -2.48. The molecule has 0 saturated carbocycles. The molecule has 0 fully saturated rings. The van der Waals surface area contributed by atoms with Crippen molar-refractivity contribution in [2.24, 2.45) is 0 Å². The highest BCUT2D eigenvalue weighted by molar-refractivity contribution is 7.89. The van der Waals surface area contributed by atoms with Gasteiger partial charge in [-0.1, -0.05) is 0 Å². The zero-order chi connectivity index (χ0) is 12.5. The number of sulfonamides is 1. The fraction of sp³-hybridized carbons (Fsp3) is 0.250. The Bertz CT molecular complexity index is 538. The van der Waals surface area contributed by atoms with E-state index in [2.05, 4.69) is 4.72 Å². The van der Waals surface area contributed by atoms with Gasteiger partial charge in [-0.15, -0.1) is 0 Å². The first-order chi connectivity index (χ1) is 7.29. The maximum absolute atomic E-state index is 11.5. The van der Waals surface area contributed by atoms with Crippen LogP contribution in [0.2, 0.25) is 0 Å². The van der Waals surface area contributed by atoms with Crippen LogP contribution in [0.3, 0.4) is 0 Å². The molecule has 0 aliphatic rings.